The smallest absolute Gasteiger partial charge is 1.00 e. The molecule has 0 amide bonds. The maximum atomic E-state index is 0. The van der Waals surface area contributed by atoms with Crippen molar-refractivity contribution in [3.8, 4) is 0 Å². The molecule has 0 radical (unpaired) electrons. The van der Waals surface area contributed by atoms with Crippen LogP contribution in [-0.4, -0.2) is 60.8 Å². The predicted octanol–water partition coefficient (Wildman–Crippen LogP) is -0.317. The van der Waals surface area contributed by atoms with E-state index in [-0.39, 0.29) is 103 Å². The zero-order valence-electron chi connectivity index (χ0n) is 6.47. The first-order valence-electron chi connectivity index (χ1n) is 0. The Bertz CT molecular complexity index is 16.0. The minimum Gasteiger partial charge on any atom is -1.00 e. The molecule has 0 saturated heterocycles. The number of hydrogen-bond donors (Lipinski definition) is 0. The van der Waals surface area contributed by atoms with Crippen LogP contribution in [0.3, 0.4) is 0 Å². The molecule has 0 aliphatic rings. The Kier molecular flexibility index (Phi) is 111. The van der Waals surface area contributed by atoms with Crippen LogP contribution in [0, 0.1) is 0 Å². The van der Waals surface area contributed by atoms with Crippen LogP contribution < -0.4 is 0 Å². The molecule has 0 aliphatic carbocycles. The second kappa shape index (κ2) is 16.4. The second-order valence-corrected chi connectivity index (χ2v) is 0. The summed E-state index contributed by atoms with van der Waals surface area (Å²) in [6.45, 7) is 0. The van der Waals surface area contributed by atoms with Crippen molar-refractivity contribution in [1.29, 1.82) is 0 Å². The maximum absolute atomic E-state index is 0. The summed E-state index contributed by atoms with van der Waals surface area (Å²) in [5, 5.41) is 0. The van der Waals surface area contributed by atoms with Gasteiger partial charge in [-0.2, -0.15) is 0 Å². The van der Waals surface area contributed by atoms with Gasteiger partial charge in [0.2, 0.25) is 0 Å². The Morgan fingerprint density at radius 3 is 1.25 bits per heavy atom. The van der Waals surface area contributed by atoms with Gasteiger partial charge >= 0.3 is 60.8 Å². The number of rotatable bonds is 0. The predicted molar refractivity (Wildman–Crippen MR) is 16.0 cm³/mol. The van der Waals surface area contributed by atoms with Gasteiger partial charge in [0, 0.05) is 36.5 Å². The minimum atomic E-state index is 0. The van der Waals surface area contributed by atoms with Crippen LogP contribution in [0.15, 0.2) is 0 Å². The first-order chi connectivity index (χ1) is 0. The van der Waals surface area contributed by atoms with Gasteiger partial charge in [-0.3, -0.25) is 0 Å². The summed E-state index contributed by atoms with van der Waals surface area (Å²) in [7, 11) is 0. The molecule has 0 bridgehead atoms. The molecule has 0 saturated carbocycles. The van der Waals surface area contributed by atoms with E-state index in [4.69, 9.17) is 0 Å². The van der Waals surface area contributed by atoms with Gasteiger partial charge in [-0.1, -0.05) is 0 Å². The fourth-order valence-electron chi connectivity index (χ4n) is 0. The molecule has 4 heteroatoms. The monoisotopic (exact) mass is 188 g/mol. The summed E-state index contributed by atoms with van der Waals surface area (Å²) >= 11 is 0. The van der Waals surface area contributed by atoms with Crippen LogP contribution in [-0.2, 0) is 36.5 Å². The summed E-state index contributed by atoms with van der Waals surface area (Å²) in [4.78, 5) is 0. The SMILES string of the molecule is [Ca+2].[Fe].[H-].[H-].[H-].[H-].[Mg+2].[Zn]. The van der Waals surface area contributed by atoms with Crippen LogP contribution in [0.25, 0.3) is 0 Å². The third kappa shape index (κ3) is 8.95. The Morgan fingerprint density at radius 1 is 1.25 bits per heavy atom. The van der Waals surface area contributed by atoms with Crippen LogP contribution in [0.4, 0.5) is 0 Å². The van der Waals surface area contributed by atoms with Crippen LogP contribution in [0.1, 0.15) is 5.71 Å². The zero-order valence-corrected chi connectivity index (χ0v) is 10.2. The molecule has 0 spiro atoms. The molecule has 0 aromatic carbocycles. The standard InChI is InChI=1S/Ca.Fe.Mg.Zn.4H/q+2;;+2;;4*-1. The molecule has 0 aromatic heterocycles. The Morgan fingerprint density at radius 2 is 1.25 bits per heavy atom. The van der Waals surface area contributed by atoms with Crippen LogP contribution in [0.2, 0.25) is 0 Å². The third-order valence-corrected chi connectivity index (χ3v) is 0. The van der Waals surface area contributed by atoms with E-state index in [2.05, 4.69) is 0 Å². The third-order valence-electron chi connectivity index (χ3n) is 0. The molecule has 0 rings (SSSR count). The molecule has 0 unspecified atom stereocenters. The van der Waals surface area contributed by atoms with Gasteiger partial charge < -0.3 is 5.71 Å². The van der Waals surface area contributed by atoms with Crippen molar-refractivity contribution in [2.45, 2.75) is 0 Å². The Hall–Kier alpha value is 3.17. The topological polar surface area (TPSA) is 0 Å². The van der Waals surface area contributed by atoms with Crippen LogP contribution in [0.5, 0.6) is 0 Å². The van der Waals surface area contributed by atoms with E-state index in [0.29, 0.717) is 0 Å². The van der Waals surface area contributed by atoms with E-state index in [9.17, 15) is 0 Å². The van der Waals surface area contributed by atoms with Gasteiger partial charge in [0.25, 0.3) is 0 Å². The molecule has 0 nitrogen and oxygen atoms in total. The van der Waals surface area contributed by atoms with Crippen molar-refractivity contribution in [2.75, 3.05) is 0 Å². The van der Waals surface area contributed by atoms with Gasteiger partial charge in [0.05, 0.1) is 0 Å². The summed E-state index contributed by atoms with van der Waals surface area (Å²) in [6, 6.07) is 0. The van der Waals surface area contributed by atoms with E-state index < -0.39 is 0 Å². The molecule has 18 valence electrons. The number of hydrogen-bond acceptors (Lipinski definition) is 0. The molecule has 0 fully saturated rings. The largest absolute Gasteiger partial charge is 2.00 e. The normalized spacial score (nSPS) is 0. The summed E-state index contributed by atoms with van der Waals surface area (Å²) in [5.41, 5.74) is 0. The first-order valence-corrected chi connectivity index (χ1v) is 0. The van der Waals surface area contributed by atoms with E-state index in [1.54, 1.807) is 0 Å². The molecule has 4 heavy (non-hydrogen) atoms. The van der Waals surface area contributed by atoms with Crippen LogP contribution >= 0.6 is 0 Å². The zero-order chi connectivity index (χ0) is 0. The fraction of sp³-hybridized carbons (Fsp3) is 0. The Labute approximate surface area is 101 Å². The van der Waals surface area contributed by atoms with Crippen molar-refractivity contribution in [1.82, 2.24) is 0 Å². The first kappa shape index (κ1) is 27.2. The molecule has 0 heterocycles. The summed E-state index contributed by atoms with van der Waals surface area (Å²) < 4.78 is 0. The van der Waals surface area contributed by atoms with E-state index in [0.717, 1.165) is 0 Å². The van der Waals surface area contributed by atoms with E-state index >= 15 is 0 Å². The molecule has 0 aliphatic heterocycles. The van der Waals surface area contributed by atoms with Gasteiger partial charge in [-0.15, -0.1) is 0 Å². The molecule has 0 aromatic rings. The maximum Gasteiger partial charge on any atom is 2.00 e. The van der Waals surface area contributed by atoms with Crippen molar-refractivity contribution in [3.05, 3.63) is 0 Å². The molecular weight excluding hydrogens is 186 g/mol. The average Bonchev–Trinajstić information content (AvgIpc) is 0. The summed E-state index contributed by atoms with van der Waals surface area (Å²) in [5.74, 6) is 0. The quantitative estimate of drug-likeness (QED) is 0.459. The molecule has 0 atom stereocenters. The van der Waals surface area contributed by atoms with Gasteiger partial charge in [0.1, 0.15) is 0 Å². The van der Waals surface area contributed by atoms with E-state index in [1.165, 1.54) is 0 Å². The Balaban J connectivity index is 0. The second-order valence-electron chi connectivity index (χ2n) is 0. The van der Waals surface area contributed by atoms with Crippen molar-refractivity contribution >= 4 is 60.8 Å². The van der Waals surface area contributed by atoms with Gasteiger partial charge in [-0.25, -0.2) is 0 Å². The summed E-state index contributed by atoms with van der Waals surface area (Å²) in [6.07, 6.45) is 0. The fourth-order valence-corrected chi connectivity index (χ4v) is 0. The van der Waals surface area contributed by atoms with Crippen molar-refractivity contribution in [3.63, 3.8) is 0 Å². The minimum absolute atomic E-state index is 0. The average molecular weight is 190 g/mol. The van der Waals surface area contributed by atoms with Crippen molar-refractivity contribution < 1.29 is 42.3 Å². The van der Waals surface area contributed by atoms with Crippen molar-refractivity contribution in [2.24, 2.45) is 0 Å². The van der Waals surface area contributed by atoms with Gasteiger partial charge in [-0.05, 0) is 0 Å². The molecular formula is H4CaFeMgZn. The van der Waals surface area contributed by atoms with Gasteiger partial charge in [0.15, 0.2) is 0 Å². The van der Waals surface area contributed by atoms with E-state index in [1.807, 2.05) is 0 Å². The molecule has 0 N–H and O–H groups in total.